The maximum Gasteiger partial charge on any atom is 0.314 e. The van der Waals surface area contributed by atoms with Crippen molar-refractivity contribution in [2.75, 3.05) is 13.1 Å². The molecule has 1 aliphatic rings. The molecule has 24 heavy (non-hydrogen) atoms. The Morgan fingerprint density at radius 1 is 1.12 bits per heavy atom. The molecule has 1 aliphatic heterocycles. The van der Waals surface area contributed by atoms with Gasteiger partial charge in [0.2, 0.25) is 0 Å². The van der Waals surface area contributed by atoms with Crippen LogP contribution in [-0.2, 0) is 10.2 Å². The maximum absolute atomic E-state index is 12.7. The molecule has 1 N–H and O–H groups in total. The SMILES string of the molecule is Cc1cc(C(=O)N2CCC(C(=O)O)(c3ccccc3)CC2)c(C)s1. The summed E-state index contributed by atoms with van der Waals surface area (Å²) in [5.74, 6) is -0.785. The van der Waals surface area contributed by atoms with Crippen molar-refractivity contribution in [1.29, 1.82) is 0 Å². The molecule has 0 bridgehead atoms. The minimum absolute atomic E-state index is 0.0175. The number of aryl methyl sites for hydroxylation is 2. The first-order chi connectivity index (χ1) is 11.4. The van der Waals surface area contributed by atoms with E-state index in [4.69, 9.17) is 0 Å². The lowest BCUT2D eigenvalue weighted by molar-refractivity contribution is -0.145. The van der Waals surface area contributed by atoms with Crippen LogP contribution in [-0.4, -0.2) is 35.0 Å². The zero-order valence-corrected chi connectivity index (χ0v) is 14.7. The van der Waals surface area contributed by atoms with Crippen LogP contribution < -0.4 is 0 Å². The number of thiophene rings is 1. The second-order valence-electron chi connectivity index (χ2n) is 6.37. The van der Waals surface area contributed by atoms with Gasteiger partial charge in [-0.3, -0.25) is 9.59 Å². The lowest BCUT2D eigenvalue weighted by atomic mass is 9.73. The predicted molar refractivity (Wildman–Crippen MR) is 94.7 cm³/mol. The Labute approximate surface area is 145 Å². The fraction of sp³-hybridized carbons (Fsp3) is 0.368. The van der Waals surface area contributed by atoms with Crippen LogP contribution in [0.5, 0.6) is 0 Å². The fourth-order valence-corrected chi connectivity index (χ4v) is 4.40. The quantitative estimate of drug-likeness (QED) is 0.926. The summed E-state index contributed by atoms with van der Waals surface area (Å²) in [5, 5.41) is 9.83. The smallest absolute Gasteiger partial charge is 0.314 e. The van der Waals surface area contributed by atoms with Gasteiger partial charge in [-0.25, -0.2) is 0 Å². The molecule has 1 amide bonds. The lowest BCUT2D eigenvalue weighted by Crippen LogP contribution is -2.49. The molecule has 126 valence electrons. The fourth-order valence-electron chi connectivity index (χ4n) is 3.49. The highest BCUT2D eigenvalue weighted by Crippen LogP contribution is 2.36. The van der Waals surface area contributed by atoms with Gasteiger partial charge in [-0.2, -0.15) is 0 Å². The van der Waals surface area contributed by atoms with E-state index >= 15 is 0 Å². The number of nitrogens with zero attached hydrogens (tertiary/aromatic N) is 1. The number of likely N-dealkylation sites (tertiary alicyclic amines) is 1. The van der Waals surface area contributed by atoms with Gasteiger partial charge in [0.25, 0.3) is 5.91 Å². The minimum Gasteiger partial charge on any atom is -0.481 e. The Balaban J connectivity index is 1.80. The molecule has 5 heteroatoms. The van der Waals surface area contributed by atoms with Gasteiger partial charge in [-0.05, 0) is 38.3 Å². The minimum atomic E-state index is -0.891. The maximum atomic E-state index is 12.7. The number of rotatable bonds is 3. The number of hydrogen-bond donors (Lipinski definition) is 1. The van der Waals surface area contributed by atoms with E-state index in [1.165, 1.54) is 0 Å². The molecule has 0 radical (unpaired) electrons. The zero-order chi connectivity index (χ0) is 17.3. The number of benzene rings is 1. The largest absolute Gasteiger partial charge is 0.481 e. The topological polar surface area (TPSA) is 57.6 Å². The zero-order valence-electron chi connectivity index (χ0n) is 13.9. The van der Waals surface area contributed by atoms with Crippen molar-refractivity contribution in [2.45, 2.75) is 32.1 Å². The molecular weight excluding hydrogens is 322 g/mol. The molecule has 2 aromatic rings. The van der Waals surface area contributed by atoms with Crippen LogP contribution in [0, 0.1) is 13.8 Å². The first-order valence-corrected chi connectivity index (χ1v) is 8.91. The van der Waals surface area contributed by atoms with E-state index in [0.29, 0.717) is 25.9 Å². The second kappa shape index (κ2) is 6.40. The van der Waals surface area contributed by atoms with Crippen LogP contribution >= 0.6 is 11.3 Å². The molecule has 1 aromatic heterocycles. The molecule has 1 fully saturated rings. The number of carboxylic acid groups (broad SMARTS) is 1. The predicted octanol–water partition coefficient (Wildman–Crippen LogP) is 3.62. The third-order valence-corrected chi connectivity index (χ3v) is 5.88. The Kier molecular flexibility index (Phi) is 4.45. The second-order valence-corrected chi connectivity index (χ2v) is 7.83. The molecule has 0 aliphatic carbocycles. The van der Waals surface area contributed by atoms with Crippen molar-refractivity contribution in [1.82, 2.24) is 4.90 Å². The van der Waals surface area contributed by atoms with Crippen LogP contribution in [0.4, 0.5) is 0 Å². The molecule has 1 saturated heterocycles. The highest BCUT2D eigenvalue weighted by Gasteiger charge is 2.44. The van der Waals surface area contributed by atoms with Crippen molar-refractivity contribution >= 4 is 23.2 Å². The Bertz CT molecular complexity index is 758. The Hall–Kier alpha value is -2.14. The van der Waals surface area contributed by atoms with E-state index in [-0.39, 0.29) is 5.91 Å². The average Bonchev–Trinajstić information content (AvgIpc) is 2.93. The third kappa shape index (κ3) is 2.84. The number of hydrogen-bond acceptors (Lipinski definition) is 3. The van der Waals surface area contributed by atoms with Crippen molar-refractivity contribution < 1.29 is 14.7 Å². The molecule has 1 aromatic carbocycles. The van der Waals surface area contributed by atoms with Crippen molar-refractivity contribution in [3.63, 3.8) is 0 Å². The molecule has 0 spiro atoms. The monoisotopic (exact) mass is 343 g/mol. The Morgan fingerprint density at radius 3 is 2.25 bits per heavy atom. The van der Waals surface area contributed by atoms with Gasteiger partial charge in [0.1, 0.15) is 0 Å². The molecular formula is C19H21NO3S. The van der Waals surface area contributed by atoms with Crippen LogP contribution in [0.15, 0.2) is 36.4 Å². The highest BCUT2D eigenvalue weighted by atomic mass is 32.1. The number of piperidine rings is 1. The normalized spacial score (nSPS) is 16.8. The molecule has 0 unspecified atom stereocenters. The summed E-state index contributed by atoms with van der Waals surface area (Å²) >= 11 is 1.62. The number of amides is 1. The standard InChI is InChI=1S/C19H21NO3S/c1-13-12-16(14(2)24-13)17(21)20-10-8-19(9-11-20,18(22)23)15-6-4-3-5-7-15/h3-7,12H,8-11H2,1-2H3,(H,22,23). The lowest BCUT2D eigenvalue weighted by Gasteiger charge is -2.39. The number of carboxylic acids is 1. The van der Waals surface area contributed by atoms with Crippen molar-refractivity contribution in [2.24, 2.45) is 0 Å². The number of aliphatic carboxylic acids is 1. The van der Waals surface area contributed by atoms with Crippen LogP contribution in [0.1, 0.15) is 38.5 Å². The van der Waals surface area contributed by atoms with Crippen LogP contribution in [0.3, 0.4) is 0 Å². The third-order valence-electron chi connectivity index (χ3n) is 4.91. The summed E-state index contributed by atoms with van der Waals surface area (Å²) in [4.78, 5) is 28.7. The summed E-state index contributed by atoms with van der Waals surface area (Å²) < 4.78 is 0. The van der Waals surface area contributed by atoms with E-state index in [1.807, 2.05) is 50.2 Å². The van der Waals surface area contributed by atoms with Crippen LogP contribution in [0.25, 0.3) is 0 Å². The first kappa shape index (κ1) is 16.7. The van der Waals surface area contributed by atoms with Gasteiger partial charge >= 0.3 is 5.97 Å². The van der Waals surface area contributed by atoms with E-state index in [0.717, 1.165) is 20.9 Å². The van der Waals surface area contributed by atoms with Crippen molar-refractivity contribution in [3.8, 4) is 0 Å². The van der Waals surface area contributed by atoms with Crippen molar-refractivity contribution in [3.05, 3.63) is 57.3 Å². The van der Waals surface area contributed by atoms with E-state index in [9.17, 15) is 14.7 Å². The summed E-state index contributed by atoms with van der Waals surface area (Å²) in [6.07, 6.45) is 0.889. The molecule has 3 rings (SSSR count). The molecule has 4 nitrogen and oxygen atoms in total. The molecule has 0 saturated carbocycles. The summed E-state index contributed by atoms with van der Waals surface area (Å²) in [5.41, 5.74) is 0.685. The van der Waals surface area contributed by atoms with Gasteiger partial charge in [-0.1, -0.05) is 30.3 Å². The first-order valence-electron chi connectivity index (χ1n) is 8.09. The number of carbonyl (C=O) groups is 2. The van der Waals surface area contributed by atoms with Gasteiger partial charge in [0.05, 0.1) is 11.0 Å². The van der Waals surface area contributed by atoms with Crippen LogP contribution in [0.2, 0.25) is 0 Å². The van der Waals surface area contributed by atoms with Gasteiger partial charge in [-0.15, -0.1) is 11.3 Å². The summed E-state index contributed by atoms with van der Waals surface area (Å²) in [6.45, 7) is 4.89. The van der Waals surface area contributed by atoms with E-state index in [2.05, 4.69) is 0 Å². The van der Waals surface area contributed by atoms with E-state index < -0.39 is 11.4 Å². The van der Waals surface area contributed by atoms with Gasteiger partial charge < -0.3 is 10.0 Å². The van der Waals surface area contributed by atoms with Gasteiger partial charge in [0, 0.05) is 22.8 Å². The summed E-state index contributed by atoms with van der Waals surface area (Å²) in [6, 6.07) is 11.3. The highest BCUT2D eigenvalue weighted by molar-refractivity contribution is 7.12. The average molecular weight is 343 g/mol. The molecule has 2 heterocycles. The van der Waals surface area contributed by atoms with Gasteiger partial charge in [0.15, 0.2) is 0 Å². The molecule has 0 atom stereocenters. The van der Waals surface area contributed by atoms with E-state index in [1.54, 1.807) is 16.2 Å². The summed E-state index contributed by atoms with van der Waals surface area (Å²) in [7, 11) is 0. The number of carbonyl (C=O) groups excluding carboxylic acids is 1. The Morgan fingerprint density at radius 2 is 1.75 bits per heavy atom.